The highest BCUT2D eigenvalue weighted by molar-refractivity contribution is 5.48. The average Bonchev–Trinajstić information content (AvgIpc) is 2.88. The second-order valence-electron chi connectivity index (χ2n) is 4.56. The normalized spacial score (nSPS) is 10.6. The number of nitrogens with zero attached hydrogens (tertiary/aromatic N) is 2. The number of nitro benzene ring substituents is 1. The molecule has 0 radical (unpaired) electrons. The van der Waals surface area contributed by atoms with E-state index in [-0.39, 0.29) is 18.0 Å². The van der Waals surface area contributed by atoms with Gasteiger partial charge in [-0.2, -0.15) is 0 Å². The molecule has 1 N–H and O–H groups in total. The first-order chi connectivity index (χ1) is 10.1. The van der Waals surface area contributed by atoms with Crippen LogP contribution in [0.25, 0.3) is 0 Å². The summed E-state index contributed by atoms with van der Waals surface area (Å²) in [6.45, 7) is 5.27. The molecule has 1 heterocycles. The zero-order valence-electron chi connectivity index (χ0n) is 12.0. The summed E-state index contributed by atoms with van der Waals surface area (Å²) in [6.07, 6.45) is 0. The largest absolute Gasteiger partial charge is 0.480 e. The van der Waals surface area contributed by atoms with E-state index in [1.165, 1.54) is 6.07 Å². The Hall–Kier alpha value is -2.41. The highest BCUT2D eigenvalue weighted by atomic mass is 16.6. The standard InChI is InChI=1S/C14H17N3O4/c1-3-15-8-11-4-5-14(13(7-11)17(18)19)20-9-12-6-10(2)21-16-12/h4-7,15H,3,8-9H2,1-2H3. The van der Waals surface area contributed by atoms with Gasteiger partial charge in [0.25, 0.3) is 0 Å². The van der Waals surface area contributed by atoms with Crippen molar-refractivity contribution >= 4 is 5.69 Å². The van der Waals surface area contributed by atoms with Crippen LogP contribution in [0.4, 0.5) is 5.69 Å². The van der Waals surface area contributed by atoms with Crippen molar-refractivity contribution in [3.63, 3.8) is 0 Å². The Morgan fingerprint density at radius 2 is 2.24 bits per heavy atom. The molecule has 0 aliphatic heterocycles. The van der Waals surface area contributed by atoms with Gasteiger partial charge in [0.2, 0.25) is 0 Å². The van der Waals surface area contributed by atoms with Crippen LogP contribution < -0.4 is 10.1 Å². The maximum Gasteiger partial charge on any atom is 0.311 e. The molecule has 7 heteroatoms. The summed E-state index contributed by atoms with van der Waals surface area (Å²) >= 11 is 0. The molecular formula is C14H17N3O4. The first-order valence-corrected chi connectivity index (χ1v) is 6.63. The second-order valence-corrected chi connectivity index (χ2v) is 4.56. The maximum atomic E-state index is 11.1. The van der Waals surface area contributed by atoms with Gasteiger partial charge in [0.1, 0.15) is 18.1 Å². The van der Waals surface area contributed by atoms with Gasteiger partial charge in [-0.05, 0) is 25.1 Å². The van der Waals surface area contributed by atoms with Gasteiger partial charge in [-0.25, -0.2) is 0 Å². The Labute approximate surface area is 122 Å². The molecule has 0 atom stereocenters. The van der Waals surface area contributed by atoms with Crippen molar-refractivity contribution in [2.45, 2.75) is 27.0 Å². The first kappa shape index (κ1) is 15.0. The maximum absolute atomic E-state index is 11.1. The van der Waals surface area contributed by atoms with Gasteiger partial charge in [-0.15, -0.1) is 0 Å². The first-order valence-electron chi connectivity index (χ1n) is 6.63. The molecule has 0 aliphatic rings. The summed E-state index contributed by atoms with van der Waals surface area (Å²) in [5.41, 5.74) is 1.39. The summed E-state index contributed by atoms with van der Waals surface area (Å²) < 4.78 is 10.4. The third-order valence-electron chi connectivity index (χ3n) is 2.85. The number of hydrogen-bond acceptors (Lipinski definition) is 6. The molecule has 2 rings (SSSR count). The summed E-state index contributed by atoms with van der Waals surface area (Å²) in [5.74, 6) is 0.894. The number of nitrogens with one attached hydrogen (secondary N) is 1. The number of benzene rings is 1. The summed E-state index contributed by atoms with van der Waals surface area (Å²) in [7, 11) is 0. The molecule has 1 aromatic carbocycles. The van der Waals surface area contributed by atoms with Crippen LogP contribution in [0.5, 0.6) is 5.75 Å². The summed E-state index contributed by atoms with van der Waals surface area (Å²) in [6, 6.07) is 6.66. The fourth-order valence-electron chi connectivity index (χ4n) is 1.84. The molecule has 1 aromatic heterocycles. The van der Waals surface area contributed by atoms with Crippen LogP contribution in [0.15, 0.2) is 28.8 Å². The lowest BCUT2D eigenvalue weighted by Gasteiger charge is -2.07. The van der Waals surface area contributed by atoms with Gasteiger partial charge in [-0.1, -0.05) is 18.1 Å². The van der Waals surface area contributed by atoms with Crippen LogP contribution in [0, 0.1) is 17.0 Å². The molecule has 0 bridgehead atoms. The van der Waals surface area contributed by atoms with Crippen molar-refractivity contribution in [2.24, 2.45) is 0 Å². The molecule has 2 aromatic rings. The van der Waals surface area contributed by atoms with Crippen molar-refractivity contribution in [2.75, 3.05) is 6.54 Å². The predicted molar refractivity (Wildman–Crippen MR) is 76.0 cm³/mol. The SMILES string of the molecule is CCNCc1ccc(OCc2cc(C)on2)c([N+](=O)[O-])c1. The number of aryl methyl sites for hydroxylation is 1. The topological polar surface area (TPSA) is 90.4 Å². The summed E-state index contributed by atoms with van der Waals surface area (Å²) in [5, 5.41) is 18.0. The molecule has 0 amide bonds. The Morgan fingerprint density at radius 3 is 2.86 bits per heavy atom. The molecule has 7 nitrogen and oxygen atoms in total. The van der Waals surface area contributed by atoms with E-state index in [9.17, 15) is 10.1 Å². The van der Waals surface area contributed by atoms with Crippen LogP contribution in [-0.4, -0.2) is 16.6 Å². The van der Waals surface area contributed by atoms with Crippen molar-refractivity contribution in [3.8, 4) is 5.75 Å². The lowest BCUT2D eigenvalue weighted by atomic mass is 10.2. The Kier molecular flexibility index (Phi) is 4.89. The number of ether oxygens (including phenoxy) is 1. The Morgan fingerprint density at radius 1 is 1.43 bits per heavy atom. The fraction of sp³-hybridized carbons (Fsp3) is 0.357. The molecule has 21 heavy (non-hydrogen) atoms. The minimum atomic E-state index is -0.446. The van der Waals surface area contributed by atoms with Crippen molar-refractivity contribution < 1.29 is 14.2 Å². The summed E-state index contributed by atoms with van der Waals surface area (Å²) in [4.78, 5) is 10.7. The number of aromatic nitrogens is 1. The van der Waals surface area contributed by atoms with E-state index in [0.29, 0.717) is 18.0 Å². The second kappa shape index (κ2) is 6.85. The van der Waals surface area contributed by atoms with Gasteiger partial charge in [0.15, 0.2) is 5.75 Å². The van der Waals surface area contributed by atoms with Gasteiger partial charge in [-0.3, -0.25) is 10.1 Å². The minimum Gasteiger partial charge on any atom is -0.480 e. The molecular weight excluding hydrogens is 274 g/mol. The Balaban J connectivity index is 2.12. The zero-order valence-corrected chi connectivity index (χ0v) is 12.0. The van der Waals surface area contributed by atoms with Crippen molar-refractivity contribution in [1.29, 1.82) is 0 Å². The molecule has 112 valence electrons. The lowest BCUT2D eigenvalue weighted by Crippen LogP contribution is -2.12. The highest BCUT2D eigenvalue weighted by Gasteiger charge is 2.16. The Bertz CT molecular complexity index is 624. The molecule has 0 spiro atoms. The van der Waals surface area contributed by atoms with E-state index in [2.05, 4.69) is 10.5 Å². The molecule has 0 unspecified atom stereocenters. The van der Waals surface area contributed by atoms with Gasteiger partial charge in [0, 0.05) is 18.7 Å². The van der Waals surface area contributed by atoms with E-state index in [1.54, 1.807) is 25.1 Å². The van der Waals surface area contributed by atoms with Gasteiger partial charge >= 0.3 is 5.69 Å². The van der Waals surface area contributed by atoms with Crippen LogP contribution in [-0.2, 0) is 13.2 Å². The van der Waals surface area contributed by atoms with Crippen molar-refractivity contribution in [3.05, 3.63) is 51.4 Å². The number of nitro groups is 1. The van der Waals surface area contributed by atoms with Crippen LogP contribution in [0.3, 0.4) is 0 Å². The smallest absolute Gasteiger partial charge is 0.311 e. The van der Waals surface area contributed by atoms with Gasteiger partial charge < -0.3 is 14.6 Å². The van der Waals surface area contributed by atoms with Crippen LogP contribution >= 0.6 is 0 Å². The third kappa shape index (κ3) is 4.03. The third-order valence-corrected chi connectivity index (χ3v) is 2.85. The van der Waals surface area contributed by atoms with E-state index < -0.39 is 4.92 Å². The van der Waals surface area contributed by atoms with E-state index in [4.69, 9.17) is 9.26 Å². The van der Waals surface area contributed by atoms with Crippen LogP contribution in [0.2, 0.25) is 0 Å². The van der Waals surface area contributed by atoms with Crippen LogP contribution in [0.1, 0.15) is 23.9 Å². The molecule has 0 saturated heterocycles. The van der Waals surface area contributed by atoms with E-state index >= 15 is 0 Å². The minimum absolute atomic E-state index is 0.0504. The monoisotopic (exact) mass is 291 g/mol. The zero-order chi connectivity index (χ0) is 15.2. The quantitative estimate of drug-likeness (QED) is 0.623. The number of hydrogen-bond donors (Lipinski definition) is 1. The lowest BCUT2D eigenvalue weighted by molar-refractivity contribution is -0.386. The fourth-order valence-corrected chi connectivity index (χ4v) is 1.84. The molecule has 0 aliphatic carbocycles. The molecule has 0 saturated carbocycles. The van der Waals surface area contributed by atoms with E-state index in [0.717, 1.165) is 12.1 Å². The average molecular weight is 291 g/mol. The molecule has 0 fully saturated rings. The van der Waals surface area contributed by atoms with Gasteiger partial charge in [0.05, 0.1) is 4.92 Å². The van der Waals surface area contributed by atoms with Crippen molar-refractivity contribution in [1.82, 2.24) is 10.5 Å². The number of rotatable bonds is 7. The predicted octanol–water partition coefficient (Wildman–Crippen LogP) is 2.58. The highest BCUT2D eigenvalue weighted by Crippen LogP contribution is 2.28. The van der Waals surface area contributed by atoms with E-state index in [1.807, 2.05) is 6.92 Å².